The van der Waals surface area contributed by atoms with Gasteiger partial charge < -0.3 is 14.8 Å². The van der Waals surface area contributed by atoms with Crippen molar-refractivity contribution >= 4 is 47.0 Å². The SMILES string of the molecule is COc1ccccc1C=CC(=O)OCC(=O)Nc1ncc(Cl)c(C)c1Cl. The summed E-state index contributed by atoms with van der Waals surface area (Å²) in [6, 6.07) is 7.18. The fraction of sp³-hybridized carbons (Fsp3) is 0.167. The van der Waals surface area contributed by atoms with E-state index in [9.17, 15) is 9.59 Å². The lowest BCUT2D eigenvalue weighted by molar-refractivity contribution is -0.142. The largest absolute Gasteiger partial charge is 0.496 e. The smallest absolute Gasteiger partial charge is 0.331 e. The van der Waals surface area contributed by atoms with E-state index in [1.807, 2.05) is 12.1 Å². The molecule has 1 amide bonds. The Morgan fingerprint density at radius 2 is 2.00 bits per heavy atom. The van der Waals surface area contributed by atoms with Crippen LogP contribution in [0.3, 0.4) is 0 Å². The number of carbonyl (C=O) groups is 2. The number of aromatic nitrogens is 1. The molecule has 0 radical (unpaired) electrons. The maximum absolute atomic E-state index is 11.9. The van der Waals surface area contributed by atoms with E-state index in [1.54, 1.807) is 25.1 Å². The first-order valence-corrected chi connectivity index (χ1v) is 8.26. The van der Waals surface area contributed by atoms with Crippen LogP contribution < -0.4 is 10.1 Å². The van der Waals surface area contributed by atoms with Crippen molar-refractivity contribution in [2.24, 2.45) is 0 Å². The molecular formula is C18H16Cl2N2O4. The molecular weight excluding hydrogens is 379 g/mol. The number of esters is 1. The van der Waals surface area contributed by atoms with Crippen LogP contribution in [0.5, 0.6) is 5.75 Å². The molecule has 0 aliphatic carbocycles. The topological polar surface area (TPSA) is 77.5 Å². The van der Waals surface area contributed by atoms with E-state index in [0.29, 0.717) is 21.9 Å². The molecule has 2 rings (SSSR count). The van der Waals surface area contributed by atoms with Crippen molar-refractivity contribution in [2.75, 3.05) is 19.0 Å². The Labute approximate surface area is 160 Å². The predicted octanol–water partition coefficient (Wildman–Crippen LogP) is 3.90. The van der Waals surface area contributed by atoms with Gasteiger partial charge in [0.15, 0.2) is 12.4 Å². The van der Waals surface area contributed by atoms with Crippen molar-refractivity contribution in [3.8, 4) is 5.75 Å². The first kappa shape index (κ1) is 19.8. The van der Waals surface area contributed by atoms with Gasteiger partial charge >= 0.3 is 5.97 Å². The number of nitrogens with zero attached hydrogens (tertiary/aromatic N) is 1. The zero-order chi connectivity index (χ0) is 19.1. The number of hydrogen-bond acceptors (Lipinski definition) is 5. The molecule has 0 saturated carbocycles. The Hall–Kier alpha value is -2.57. The van der Waals surface area contributed by atoms with Crippen LogP contribution in [0.4, 0.5) is 5.82 Å². The van der Waals surface area contributed by atoms with Gasteiger partial charge in [0, 0.05) is 17.8 Å². The second kappa shape index (κ2) is 9.22. The van der Waals surface area contributed by atoms with Crippen LogP contribution in [0.15, 0.2) is 36.5 Å². The first-order valence-electron chi connectivity index (χ1n) is 7.50. The third-order valence-electron chi connectivity index (χ3n) is 3.34. The number of rotatable bonds is 6. The minimum atomic E-state index is -0.669. The lowest BCUT2D eigenvalue weighted by Gasteiger charge is -2.09. The molecule has 0 spiro atoms. The van der Waals surface area contributed by atoms with Crippen LogP contribution in [0.25, 0.3) is 6.08 Å². The number of benzene rings is 1. The lowest BCUT2D eigenvalue weighted by atomic mass is 10.2. The zero-order valence-corrected chi connectivity index (χ0v) is 15.6. The molecule has 26 heavy (non-hydrogen) atoms. The summed E-state index contributed by atoms with van der Waals surface area (Å²) in [6.45, 7) is 1.22. The van der Waals surface area contributed by atoms with Crippen molar-refractivity contribution in [2.45, 2.75) is 6.92 Å². The summed E-state index contributed by atoms with van der Waals surface area (Å²) in [6.07, 6.45) is 4.13. The standard InChI is InChI=1S/C18H16Cl2N2O4/c1-11-13(19)9-21-18(17(11)20)22-15(23)10-26-16(24)8-7-12-5-3-4-6-14(12)25-2/h3-9H,10H2,1-2H3,(H,21,22,23). The van der Waals surface area contributed by atoms with Gasteiger partial charge in [0.2, 0.25) is 0 Å². The number of ether oxygens (including phenoxy) is 2. The minimum absolute atomic E-state index is 0.152. The molecule has 1 aromatic carbocycles. The van der Waals surface area contributed by atoms with Crippen LogP contribution in [0, 0.1) is 6.92 Å². The van der Waals surface area contributed by atoms with Gasteiger partial charge in [-0.25, -0.2) is 9.78 Å². The Morgan fingerprint density at radius 1 is 1.27 bits per heavy atom. The van der Waals surface area contributed by atoms with Crippen molar-refractivity contribution in [1.29, 1.82) is 0 Å². The van der Waals surface area contributed by atoms with Crippen molar-refractivity contribution in [1.82, 2.24) is 4.98 Å². The molecule has 0 saturated heterocycles. The molecule has 1 heterocycles. The van der Waals surface area contributed by atoms with Crippen molar-refractivity contribution in [3.63, 3.8) is 0 Å². The fourth-order valence-electron chi connectivity index (χ4n) is 1.96. The molecule has 1 aromatic heterocycles. The number of halogens is 2. The number of carbonyl (C=O) groups excluding carboxylic acids is 2. The predicted molar refractivity (Wildman–Crippen MR) is 101 cm³/mol. The highest BCUT2D eigenvalue weighted by atomic mass is 35.5. The monoisotopic (exact) mass is 394 g/mol. The number of nitrogens with one attached hydrogen (secondary N) is 1. The van der Waals surface area contributed by atoms with E-state index in [1.165, 1.54) is 19.4 Å². The molecule has 0 fully saturated rings. The van der Waals surface area contributed by atoms with Crippen LogP contribution in [-0.2, 0) is 14.3 Å². The molecule has 0 aliphatic rings. The quantitative estimate of drug-likeness (QED) is 0.593. The van der Waals surface area contributed by atoms with Gasteiger partial charge in [-0.2, -0.15) is 0 Å². The van der Waals surface area contributed by atoms with Gasteiger partial charge in [0.1, 0.15) is 5.75 Å². The number of pyridine rings is 1. The molecule has 0 unspecified atom stereocenters. The van der Waals surface area contributed by atoms with Crippen LogP contribution >= 0.6 is 23.2 Å². The van der Waals surface area contributed by atoms with Gasteiger partial charge in [-0.3, -0.25) is 4.79 Å². The first-order chi connectivity index (χ1) is 12.4. The van der Waals surface area contributed by atoms with Gasteiger partial charge in [0.05, 0.1) is 17.2 Å². The normalized spacial score (nSPS) is 10.6. The maximum atomic E-state index is 11.9. The lowest BCUT2D eigenvalue weighted by Crippen LogP contribution is -2.21. The molecule has 0 bridgehead atoms. The average Bonchev–Trinajstić information content (AvgIpc) is 2.65. The fourth-order valence-corrected chi connectivity index (χ4v) is 2.35. The number of anilines is 1. The molecule has 2 aromatic rings. The van der Waals surface area contributed by atoms with E-state index in [4.69, 9.17) is 32.7 Å². The Bertz CT molecular complexity index is 853. The highest BCUT2D eigenvalue weighted by molar-refractivity contribution is 6.37. The Morgan fingerprint density at radius 3 is 2.73 bits per heavy atom. The van der Waals surface area contributed by atoms with Crippen LogP contribution in [-0.4, -0.2) is 30.6 Å². The molecule has 0 aliphatic heterocycles. The van der Waals surface area contributed by atoms with Crippen LogP contribution in [0.2, 0.25) is 10.0 Å². The zero-order valence-electron chi connectivity index (χ0n) is 14.1. The highest BCUT2D eigenvalue weighted by Gasteiger charge is 2.12. The van der Waals surface area contributed by atoms with E-state index in [-0.39, 0.29) is 10.8 Å². The average molecular weight is 395 g/mol. The second-order valence-electron chi connectivity index (χ2n) is 5.12. The molecule has 6 nitrogen and oxygen atoms in total. The molecule has 1 N–H and O–H groups in total. The van der Waals surface area contributed by atoms with Gasteiger partial charge in [-0.15, -0.1) is 0 Å². The van der Waals surface area contributed by atoms with Gasteiger partial charge in [0.25, 0.3) is 5.91 Å². The van der Waals surface area contributed by atoms with Gasteiger partial charge in [-0.05, 0) is 24.6 Å². The second-order valence-corrected chi connectivity index (χ2v) is 5.91. The Balaban J connectivity index is 1.90. The van der Waals surface area contributed by atoms with E-state index < -0.39 is 18.5 Å². The molecule has 0 atom stereocenters. The van der Waals surface area contributed by atoms with Gasteiger partial charge in [-0.1, -0.05) is 41.4 Å². The summed E-state index contributed by atoms with van der Waals surface area (Å²) in [5.41, 5.74) is 1.30. The summed E-state index contributed by atoms with van der Waals surface area (Å²) < 4.78 is 10.1. The number of methoxy groups -OCH3 is 1. The van der Waals surface area contributed by atoms with E-state index in [0.717, 1.165) is 0 Å². The van der Waals surface area contributed by atoms with Crippen LogP contribution in [0.1, 0.15) is 11.1 Å². The molecule has 8 heteroatoms. The summed E-state index contributed by atoms with van der Waals surface area (Å²) in [5.74, 6) is -0.468. The Kier molecular flexibility index (Phi) is 7.00. The summed E-state index contributed by atoms with van der Waals surface area (Å²) in [7, 11) is 1.53. The van der Waals surface area contributed by atoms with E-state index in [2.05, 4.69) is 10.3 Å². The van der Waals surface area contributed by atoms with Crippen molar-refractivity contribution in [3.05, 3.63) is 57.7 Å². The summed E-state index contributed by atoms with van der Waals surface area (Å²) >= 11 is 11.9. The van der Waals surface area contributed by atoms with E-state index >= 15 is 0 Å². The molecule has 136 valence electrons. The summed E-state index contributed by atoms with van der Waals surface area (Å²) in [5, 5.41) is 3.08. The summed E-state index contributed by atoms with van der Waals surface area (Å²) in [4.78, 5) is 27.6. The highest BCUT2D eigenvalue weighted by Crippen LogP contribution is 2.28. The third kappa shape index (κ3) is 5.21. The third-order valence-corrected chi connectivity index (χ3v) is 4.19. The number of para-hydroxylation sites is 1. The minimum Gasteiger partial charge on any atom is -0.496 e. The number of hydrogen-bond donors (Lipinski definition) is 1. The number of amides is 1. The van der Waals surface area contributed by atoms with Crippen molar-refractivity contribution < 1.29 is 19.1 Å². The maximum Gasteiger partial charge on any atom is 0.331 e.